The minimum atomic E-state index is 0.593. The van der Waals surface area contributed by atoms with E-state index >= 15 is 0 Å². The van der Waals surface area contributed by atoms with Gasteiger partial charge in [-0.05, 0) is 18.8 Å². The van der Waals surface area contributed by atoms with Crippen LogP contribution in [0.3, 0.4) is 0 Å². The zero-order valence-electron chi connectivity index (χ0n) is 14.6. The lowest BCUT2D eigenvalue weighted by atomic mass is 10.1. The first-order valence-electron chi connectivity index (χ1n) is 8.19. The van der Waals surface area contributed by atoms with E-state index in [1.807, 2.05) is 0 Å². The van der Waals surface area contributed by atoms with Crippen LogP contribution in [-0.2, 0) is 23.7 Å². The molecule has 0 aromatic carbocycles. The van der Waals surface area contributed by atoms with Gasteiger partial charge in [-0.2, -0.15) is 0 Å². The van der Waals surface area contributed by atoms with Crippen LogP contribution in [0.5, 0.6) is 0 Å². The summed E-state index contributed by atoms with van der Waals surface area (Å²) < 4.78 is 26.7. The summed E-state index contributed by atoms with van der Waals surface area (Å²) in [6, 6.07) is 0. The average molecular weight is 318 g/mol. The van der Waals surface area contributed by atoms with Crippen molar-refractivity contribution in [2.45, 2.75) is 33.1 Å². The summed E-state index contributed by atoms with van der Waals surface area (Å²) in [5, 5.41) is 0. The molecule has 0 saturated carbocycles. The molecule has 5 heteroatoms. The van der Waals surface area contributed by atoms with Crippen molar-refractivity contribution in [3.8, 4) is 0 Å². The Balaban J connectivity index is 3.01. The number of ether oxygens (including phenoxy) is 5. The molecule has 0 radical (unpaired) electrons. The summed E-state index contributed by atoms with van der Waals surface area (Å²) in [5.74, 6) is 1.49. The van der Waals surface area contributed by atoms with Gasteiger partial charge < -0.3 is 23.7 Å². The molecular formula is C17H34O5. The molecule has 0 saturated heterocycles. The molecule has 132 valence electrons. The highest BCUT2D eigenvalue weighted by atomic mass is 16.6. The van der Waals surface area contributed by atoms with Crippen molar-refractivity contribution >= 4 is 0 Å². The van der Waals surface area contributed by atoms with E-state index in [0.29, 0.717) is 52.2 Å². The Bertz CT molecular complexity index is 243. The molecule has 0 N–H and O–H groups in total. The second-order valence-corrected chi connectivity index (χ2v) is 5.48. The Morgan fingerprint density at radius 2 is 1.23 bits per heavy atom. The van der Waals surface area contributed by atoms with Crippen molar-refractivity contribution in [1.29, 1.82) is 0 Å². The van der Waals surface area contributed by atoms with Gasteiger partial charge in [-0.1, -0.05) is 20.4 Å². The lowest BCUT2D eigenvalue weighted by Crippen LogP contribution is -2.12. The number of hydrogen-bond acceptors (Lipinski definition) is 5. The predicted molar refractivity (Wildman–Crippen MR) is 88.1 cm³/mol. The number of rotatable bonds is 17. The Hall–Kier alpha value is -0.620. The summed E-state index contributed by atoms with van der Waals surface area (Å²) in [6.45, 7) is 13.3. The van der Waals surface area contributed by atoms with Crippen molar-refractivity contribution in [3.63, 3.8) is 0 Å². The fourth-order valence-corrected chi connectivity index (χ4v) is 1.55. The zero-order chi connectivity index (χ0) is 16.5. The number of allylic oxidation sites excluding steroid dienone is 1. The van der Waals surface area contributed by atoms with E-state index in [2.05, 4.69) is 20.4 Å². The van der Waals surface area contributed by atoms with Crippen LogP contribution in [-0.4, -0.2) is 60.0 Å². The Morgan fingerprint density at radius 3 is 1.68 bits per heavy atom. The lowest BCUT2D eigenvalue weighted by molar-refractivity contribution is -0.00305. The normalized spacial score (nSPS) is 11.1. The standard InChI is InChI=1S/C17H34O5/c1-16(2)7-9-20-11-13-22-15-14-21-12-10-19-8-5-6-17(3)18-4/h16H,3,5-15H2,1-2,4H3. The van der Waals surface area contributed by atoms with Gasteiger partial charge in [0, 0.05) is 19.6 Å². The summed E-state index contributed by atoms with van der Waals surface area (Å²) in [5.41, 5.74) is 0. The van der Waals surface area contributed by atoms with E-state index in [1.165, 1.54) is 0 Å². The molecule has 22 heavy (non-hydrogen) atoms. The van der Waals surface area contributed by atoms with Gasteiger partial charge in [-0.15, -0.1) is 0 Å². The fourth-order valence-electron chi connectivity index (χ4n) is 1.55. The summed E-state index contributed by atoms with van der Waals surface area (Å²) in [4.78, 5) is 0. The van der Waals surface area contributed by atoms with Gasteiger partial charge in [0.1, 0.15) is 0 Å². The Kier molecular flexibility index (Phi) is 16.3. The first kappa shape index (κ1) is 21.4. The van der Waals surface area contributed by atoms with Gasteiger partial charge in [0.25, 0.3) is 0 Å². The van der Waals surface area contributed by atoms with Crippen LogP contribution in [0.1, 0.15) is 33.1 Å². The van der Waals surface area contributed by atoms with Gasteiger partial charge in [0.15, 0.2) is 0 Å². The van der Waals surface area contributed by atoms with Crippen LogP contribution >= 0.6 is 0 Å². The molecule has 0 heterocycles. The van der Waals surface area contributed by atoms with Crippen LogP contribution in [0.4, 0.5) is 0 Å². The Morgan fingerprint density at radius 1 is 0.773 bits per heavy atom. The molecule has 0 fully saturated rings. The van der Waals surface area contributed by atoms with Crippen molar-refractivity contribution in [1.82, 2.24) is 0 Å². The highest BCUT2D eigenvalue weighted by Gasteiger charge is 1.96. The highest BCUT2D eigenvalue weighted by Crippen LogP contribution is 2.02. The minimum Gasteiger partial charge on any atom is -0.502 e. The molecule has 0 aliphatic carbocycles. The SMILES string of the molecule is C=C(CCCOCCOCCOCCOCCC(C)C)OC. The topological polar surface area (TPSA) is 46.2 Å². The maximum absolute atomic E-state index is 5.45. The molecule has 0 unspecified atom stereocenters. The summed E-state index contributed by atoms with van der Waals surface area (Å²) in [7, 11) is 1.64. The van der Waals surface area contributed by atoms with E-state index in [1.54, 1.807) is 7.11 Å². The number of methoxy groups -OCH3 is 1. The maximum atomic E-state index is 5.45. The predicted octanol–water partition coefficient (Wildman–Crippen LogP) is 3.04. The van der Waals surface area contributed by atoms with Gasteiger partial charge in [-0.25, -0.2) is 0 Å². The third-order valence-corrected chi connectivity index (χ3v) is 2.99. The van der Waals surface area contributed by atoms with Gasteiger partial charge in [0.2, 0.25) is 0 Å². The summed E-state index contributed by atoms with van der Waals surface area (Å²) >= 11 is 0. The highest BCUT2D eigenvalue weighted by molar-refractivity contribution is 4.80. The molecule has 0 aromatic heterocycles. The van der Waals surface area contributed by atoms with E-state index in [-0.39, 0.29) is 0 Å². The van der Waals surface area contributed by atoms with Gasteiger partial charge in [-0.3, -0.25) is 0 Å². The smallest absolute Gasteiger partial charge is 0.0884 e. The summed E-state index contributed by atoms with van der Waals surface area (Å²) in [6.07, 6.45) is 2.86. The molecule has 0 spiro atoms. The van der Waals surface area contributed by atoms with Crippen molar-refractivity contribution in [2.24, 2.45) is 5.92 Å². The second kappa shape index (κ2) is 16.7. The molecule has 0 aromatic rings. The Labute approximate surface area is 135 Å². The molecule has 0 rings (SSSR count). The molecular weight excluding hydrogens is 284 g/mol. The van der Waals surface area contributed by atoms with Crippen LogP contribution in [0.2, 0.25) is 0 Å². The van der Waals surface area contributed by atoms with Crippen LogP contribution in [0.25, 0.3) is 0 Å². The second-order valence-electron chi connectivity index (χ2n) is 5.48. The minimum absolute atomic E-state index is 0.593. The molecule has 0 amide bonds. The van der Waals surface area contributed by atoms with E-state index < -0.39 is 0 Å². The molecule has 0 aliphatic heterocycles. The lowest BCUT2D eigenvalue weighted by Gasteiger charge is -2.08. The first-order chi connectivity index (χ1) is 10.7. The molecule has 0 bridgehead atoms. The zero-order valence-corrected chi connectivity index (χ0v) is 14.6. The van der Waals surface area contributed by atoms with Crippen LogP contribution < -0.4 is 0 Å². The maximum Gasteiger partial charge on any atom is 0.0884 e. The fraction of sp³-hybridized carbons (Fsp3) is 0.882. The molecule has 0 aliphatic rings. The van der Waals surface area contributed by atoms with E-state index in [4.69, 9.17) is 23.7 Å². The average Bonchev–Trinajstić information content (AvgIpc) is 2.50. The van der Waals surface area contributed by atoms with Gasteiger partial charge in [0.05, 0.1) is 52.5 Å². The van der Waals surface area contributed by atoms with Crippen LogP contribution in [0.15, 0.2) is 12.3 Å². The van der Waals surface area contributed by atoms with Gasteiger partial charge >= 0.3 is 0 Å². The third kappa shape index (κ3) is 17.4. The number of hydrogen-bond donors (Lipinski definition) is 0. The third-order valence-electron chi connectivity index (χ3n) is 2.99. The largest absolute Gasteiger partial charge is 0.502 e. The van der Waals surface area contributed by atoms with Crippen molar-refractivity contribution in [3.05, 3.63) is 12.3 Å². The first-order valence-corrected chi connectivity index (χ1v) is 8.19. The quantitative estimate of drug-likeness (QED) is 0.305. The van der Waals surface area contributed by atoms with E-state index in [9.17, 15) is 0 Å². The molecule has 0 atom stereocenters. The van der Waals surface area contributed by atoms with Crippen LogP contribution in [0, 0.1) is 5.92 Å². The monoisotopic (exact) mass is 318 g/mol. The van der Waals surface area contributed by atoms with Crippen molar-refractivity contribution in [2.75, 3.05) is 60.0 Å². The molecule has 5 nitrogen and oxygen atoms in total. The van der Waals surface area contributed by atoms with E-state index in [0.717, 1.165) is 31.6 Å². The van der Waals surface area contributed by atoms with Crippen molar-refractivity contribution < 1.29 is 23.7 Å².